The van der Waals surface area contributed by atoms with Gasteiger partial charge in [-0.15, -0.1) is 0 Å². The van der Waals surface area contributed by atoms with Crippen molar-refractivity contribution in [3.05, 3.63) is 66.3 Å². The molecule has 168 valence electrons. The fraction of sp³-hybridized carbons (Fsp3) is 0.423. The summed E-state index contributed by atoms with van der Waals surface area (Å²) in [5, 5.41) is 15.8. The van der Waals surface area contributed by atoms with Gasteiger partial charge in [-0.2, -0.15) is 0 Å². The second-order valence-electron chi connectivity index (χ2n) is 8.88. The maximum atomic E-state index is 11.2. The molecule has 2 fully saturated rings. The predicted octanol–water partition coefficient (Wildman–Crippen LogP) is 4.17. The summed E-state index contributed by atoms with van der Waals surface area (Å²) < 4.78 is 10.7. The quantitative estimate of drug-likeness (QED) is 0.556. The number of nitrogens with one attached hydrogen (secondary N) is 1. The monoisotopic (exact) mass is 433 g/mol. The number of nitrogens with zero attached hydrogens (tertiary/aromatic N) is 2. The zero-order valence-corrected chi connectivity index (χ0v) is 18.5. The molecule has 4 heterocycles. The Morgan fingerprint density at radius 3 is 2.84 bits per heavy atom. The van der Waals surface area contributed by atoms with Crippen LogP contribution in [0.4, 0.5) is 0 Å². The molecule has 2 N–H and O–H groups in total. The van der Waals surface area contributed by atoms with Crippen molar-refractivity contribution in [2.75, 3.05) is 20.2 Å². The maximum Gasteiger partial charge on any atom is 0.126 e. The minimum absolute atomic E-state index is 0.521. The van der Waals surface area contributed by atoms with Crippen molar-refractivity contribution in [3.8, 4) is 5.75 Å². The van der Waals surface area contributed by atoms with Crippen LogP contribution in [0, 0.1) is 0 Å². The molecule has 6 heteroatoms. The molecule has 3 atom stereocenters. The van der Waals surface area contributed by atoms with Crippen LogP contribution in [0.15, 0.2) is 59.4 Å². The number of hydrogen-bond donors (Lipinski definition) is 2. The molecule has 0 aliphatic carbocycles. The van der Waals surface area contributed by atoms with E-state index in [1.165, 1.54) is 12.8 Å². The van der Waals surface area contributed by atoms with Crippen LogP contribution in [0.5, 0.6) is 5.75 Å². The van der Waals surface area contributed by atoms with Crippen molar-refractivity contribution in [2.24, 2.45) is 0 Å². The summed E-state index contributed by atoms with van der Waals surface area (Å²) in [4.78, 5) is 6.99. The molecule has 2 aromatic heterocycles. The fourth-order valence-electron chi connectivity index (χ4n) is 5.40. The highest BCUT2D eigenvalue weighted by Crippen LogP contribution is 2.37. The van der Waals surface area contributed by atoms with Crippen molar-refractivity contribution in [2.45, 2.75) is 49.9 Å². The maximum absolute atomic E-state index is 11.2. The smallest absolute Gasteiger partial charge is 0.126 e. The summed E-state index contributed by atoms with van der Waals surface area (Å²) in [6.45, 7) is 1.51. The molecule has 6 nitrogen and oxygen atoms in total. The number of aromatic nitrogens is 1. The van der Waals surface area contributed by atoms with E-state index in [1.807, 2.05) is 42.5 Å². The summed E-state index contributed by atoms with van der Waals surface area (Å²) in [5.74, 6) is 1.67. The first-order valence-corrected chi connectivity index (χ1v) is 11.5. The van der Waals surface area contributed by atoms with Gasteiger partial charge in [-0.05, 0) is 73.7 Å². The second-order valence-corrected chi connectivity index (χ2v) is 8.88. The first-order valence-electron chi connectivity index (χ1n) is 11.5. The van der Waals surface area contributed by atoms with Gasteiger partial charge in [0.05, 0.1) is 25.0 Å². The fourth-order valence-corrected chi connectivity index (χ4v) is 5.40. The highest BCUT2D eigenvalue weighted by molar-refractivity contribution is 5.83. The molecule has 3 unspecified atom stereocenters. The molecule has 0 amide bonds. The number of methoxy groups -OCH3 is 1. The molecule has 0 spiro atoms. The first kappa shape index (κ1) is 21.2. The molecule has 32 heavy (non-hydrogen) atoms. The average Bonchev–Trinajstić information content (AvgIpc) is 3.41. The topological polar surface area (TPSA) is 70.8 Å². The van der Waals surface area contributed by atoms with E-state index >= 15 is 0 Å². The lowest BCUT2D eigenvalue weighted by Crippen LogP contribution is -2.50. The molecule has 2 aliphatic heterocycles. The normalized spacial score (nSPS) is 24.4. The third-order valence-electron chi connectivity index (χ3n) is 6.96. The van der Waals surface area contributed by atoms with Crippen LogP contribution in [0.25, 0.3) is 17.0 Å². The van der Waals surface area contributed by atoms with Crippen LogP contribution in [0.2, 0.25) is 0 Å². The van der Waals surface area contributed by atoms with Gasteiger partial charge in [-0.3, -0.25) is 9.88 Å². The van der Waals surface area contributed by atoms with E-state index in [2.05, 4.69) is 21.3 Å². The van der Waals surface area contributed by atoms with Crippen molar-refractivity contribution < 1.29 is 14.3 Å². The summed E-state index contributed by atoms with van der Waals surface area (Å²) in [6, 6.07) is 13.2. The van der Waals surface area contributed by atoms with E-state index < -0.39 is 6.10 Å². The van der Waals surface area contributed by atoms with Crippen molar-refractivity contribution in [1.29, 1.82) is 0 Å². The highest BCUT2D eigenvalue weighted by Gasteiger charge is 2.41. The lowest BCUT2D eigenvalue weighted by molar-refractivity contribution is 0.0529. The number of aliphatic hydroxyl groups excluding tert-OH is 1. The van der Waals surface area contributed by atoms with Gasteiger partial charge in [-0.25, -0.2) is 0 Å². The number of hydrogen-bond acceptors (Lipinski definition) is 6. The molecule has 2 bridgehead atoms. The second kappa shape index (κ2) is 9.45. The van der Waals surface area contributed by atoms with Gasteiger partial charge in [-0.1, -0.05) is 6.08 Å². The van der Waals surface area contributed by atoms with Crippen LogP contribution in [-0.4, -0.2) is 53.3 Å². The minimum atomic E-state index is -0.545. The van der Waals surface area contributed by atoms with Crippen LogP contribution >= 0.6 is 0 Å². The Bertz CT molecular complexity index is 1050. The van der Waals surface area contributed by atoms with Gasteiger partial charge in [0.2, 0.25) is 0 Å². The number of ether oxygens (including phenoxy) is 1. The zero-order chi connectivity index (χ0) is 21.9. The number of piperidine rings is 1. The lowest BCUT2D eigenvalue weighted by atomic mass is 9.95. The Balaban J connectivity index is 1.21. The summed E-state index contributed by atoms with van der Waals surface area (Å²) in [7, 11) is 1.66. The zero-order valence-electron chi connectivity index (χ0n) is 18.5. The number of pyridine rings is 1. The minimum Gasteiger partial charge on any atom is -0.497 e. The molecule has 2 aliphatic rings. The molecular formula is C26H31N3O3. The molecule has 1 aromatic carbocycles. The molecule has 0 radical (unpaired) electrons. The van der Waals surface area contributed by atoms with Crippen LogP contribution in [0.3, 0.4) is 0 Å². The number of fused-ring (bicyclic) bond motifs is 3. The predicted molar refractivity (Wildman–Crippen MR) is 126 cm³/mol. The number of aliphatic hydroxyl groups is 1. The Hall–Kier alpha value is -2.67. The molecule has 3 aromatic rings. The third-order valence-corrected chi connectivity index (χ3v) is 6.96. The Morgan fingerprint density at radius 2 is 2.09 bits per heavy atom. The Morgan fingerprint density at radius 1 is 1.25 bits per heavy atom. The first-order chi connectivity index (χ1) is 15.7. The Kier molecular flexibility index (Phi) is 6.26. The average molecular weight is 434 g/mol. The van der Waals surface area contributed by atoms with E-state index in [1.54, 1.807) is 19.6 Å². The van der Waals surface area contributed by atoms with Gasteiger partial charge in [0.1, 0.15) is 11.5 Å². The molecular weight excluding hydrogens is 402 g/mol. The van der Waals surface area contributed by atoms with Crippen molar-refractivity contribution >= 4 is 17.0 Å². The molecule has 0 saturated carbocycles. The van der Waals surface area contributed by atoms with Crippen LogP contribution < -0.4 is 10.1 Å². The van der Waals surface area contributed by atoms with Gasteiger partial charge >= 0.3 is 0 Å². The third kappa shape index (κ3) is 4.44. The number of benzene rings is 1. The van der Waals surface area contributed by atoms with E-state index in [0.29, 0.717) is 24.7 Å². The SMILES string of the molecule is COc1ccc2nccc(C(O)CN3C4CCC3CC(NC/C=C/c3ccco3)C4)c2c1. The molecule has 5 rings (SSSR count). The lowest BCUT2D eigenvalue weighted by Gasteiger charge is -2.40. The van der Waals surface area contributed by atoms with E-state index in [0.717, 1.165) is 47.4 Å². The summed E-state index contributed by atoms with van der Waals surface area (Å²) in [5.41, 5.74) is 1.81. The van der Waals surface area contributed by atoms with Crippen LogP contribution in [-0.2, 0) is 0 Å². The summed E-state index contributed by atoms with van der Waals surface area (Å²) in [6.07, 6.45) is 11.8. The number of furan rings is 1. The summed E-state index contributed by atoms with van der Waals surface area (Å²) >= 11 is 0. The van der Waals surface area contributed by atoms with Gasteiger partial charge in [0.25, 0.3) is 0 Å². The molecule has 2 saturated heterocycles. The van der Waals surface area contributed by atoms with Crippen molar-refractivity contribution in [3.63, 3.8) is 0 Å². The standard InChI is InChI=1S/C26H31N3O3/c1-31-22-8-9-25-24(16-22)23(10-12-28-25)26(30)17-29-19-6-7-20(29)15-18(14-19)27-11-2-4-21-5-3-13-32-21/h2-5,8-10,12-13,16,18-20,26-27,30H,6-7,11,14-15,17H2,1H3/b4-2+. The van der Waals surface area contributed by atoms with Gasteiger partial charge in [0, 0.05) is 42.8 Å². The van der Waals surface area contributed by atoms with Gasteiger partial charge < -0.3 is 19.6 Å². The van der Waals surface area contributed by atoms with E-state index in [-0.39, 0.29) is 0 Å². The van der Waals surface area contributed by atoms with Crippen molar-refractivity contribution in [1.82, 2.24) is 15.2 Å². The van der Waals surface area contributed by atoms with E-state index in [4.69, 9.17) is 9.15 Å². The van der Waals surface area contributed by atoms with Crippen LogP contribution in [0.1, 0.15) is 43.1 Å². The highest BCUT2D eigenvalue weighted by atomic mass is 16.5. The van der Waals surface area contributed by atoms with E-state index in [9.17, 15) is 5.11 Å². The van der Waals surface area contributed by atoms with Gasteiger partial charge in [0.15, 0.2) is 0 Å². The Labute approximate surface area is 188 Å². The largest absolute Gasteiger partial charge is 0.497 e. The number of rotatable bonds is 8.